The molecule has 9 heteroatoms. The molecule has 0 bridgehead atoms. The Labute approximate surface area is 157 Å². The van der Waals surface area contributed by atoms with Crippen molar-refractivity contribution in [3.8, 4) is 6.07 Å². The van der Waals surface area contributed by atoms with Gasteiger partial charge in [-0.15, -0.1) is 0 Å². The summed E-state index contributed by atoms with van der Waals surface area (Å²) in [5.74, 6) is -3.34. The van der Waals surface area contributed by atoms with Crippen molar-refractivity contribution in [2.24, 2.45) is 0 Å². The zero-order valence-electron chi connectivity index (χ0n) is 14.3. The summed E-state index contributed by atoms with van der Waals surface area (Å²) >= 11 is 0. The molecule has 0 radical (unpaired) electrons. The number of nitrogens with zero attached hydrogens (tertiary/aromatic N) is 2. The second kappa shape index (κ2) is 7.31. The number of fused-ring (bicyclic) bond motifs is 1. The van der Waals surface area contributed by atoms with Crippen LogP contribution in [-0.2, 0) is 4.79 Å². The van der Waals surface area contributed by atoms with Crippen LogP contribution in [0.1, 0.15) is 27.4 Å². The largest absolute Gasteiger partial charge is 0.406 e. The van der Waals surface area contributed by atoms with Crippen molar-refractivity contribution in [1.82, 2.24) is 4.90 Å². The number of carbonyl (C=O) groups excluding carboxylic acids is 2. The molecule has 2 amide bonds. The Morgan fingerprint density at radius 1 is 1.25 bits per heavy atom. The highest BCUT2D eigenvalue weighted by Gasteiger charge is 2.40. The predicted octanol–water partition coefficient (Wildman–Crippen LogP) is 3.44. The fourth-order valence-electron chi connectivity index (χ4n) is 3.10. The fraction of sp³-hybridized carbons (Fsp3) is 0.211. The van der Waals surface area contributed by atoms with Crippen LogP contribution in [0.2, 0.25) is 0 Å². The predicted molar refractivity (Wildman–Crippen MR) is 90.9 cm³/mol. The van der Waals surface area contributed by atoms with Gasteiger partial charge in [0.1, 0.15) is 12.4 Å². The van der Waals surface area contributed by atoms with E-state index in [4.69, 9.17) is 5.26 Å². The van der Waals surface area contributed by atoms with E-state index in [0.29, 0.717) is 10.5 Å². The number of amides is 2. The first kappa shape index (κ1) is 19.4. The van der Waals surface area contributed by atoms with Crippen LogP contribution in [0.4, 0.5) is 23.2 Å². The van der Waals surface area contributed by atoms with Gasteiger partial charge in [-0.25, -0.2) is 4.39 Å². The van der Waals surface area contributed by atoms with E-state index in [1.54, 1.807) is 12.1 Å². The molecule has 0 aliphatic carbocycles. The zero-order chi connectivity index (χ0) is 20.5. The van der Waals surface area contributed by atoms with Crippen LogP contribution in [0.5, 0.6) is 0 Å². The Kier molecular flexibility index (Phi) is 5.05. The van der Waals surface area contributed by atoms with Gasteiger partial charge in [0.05, 0.1) is 17.6 Å². The van der Waals surface area contributed by atoms with Gasteiger partial charge in [-0.2, -0.15) is 18.4 Å². The molecule has 5 nitrogen and oxygen atoms in total. The van der Waals surface area contributed by atoms with Gasteiger partial charge in [-0.1, -0.05) is 18.2 Å². The van der Waals surface area contributed by atoms with Crippen LogP contribution in [0.3, 0.4) is 0 Å². The molecule has 2 aromatic rings. The zero-order valence-corrected chi connectivity index (χ0v) is 14.3. The van der Waals surface area contributed by atoms with E-state index in [1.807, 2.05) is 0 Å². The van der Waals surface area contributed by atoms with Crippen LogP contribution in [-0.4, -0.2) is 36.0 Å². The normalized spacial score (nSPS) is 16.3. The average molecular weight is 391 g/mol. The molecule has 0 aromatic heterocycles. The van der Waals surface area contributed by atoms with Gasteiger partial charge in [0, 0.05) is 17.8 Å². The van der Waals surface area contributed by atoms with E-state index >= 15 is 0 Å². The number of halogens is 4. The Morgan fingerprint density at radius 3 is 2.64 bits per heavy atom. The van der Waals surface area contributed by atoms with Gasteiger partial charge < -0.3 is 10.2 Å². The topological polar surface area (TPSA) is 73.2 Å². The Hall–Kier alpha value is -3.41. The number of hydrogen-bond donors (Lipinski definition) is 1. The summed E-state index contributed by atoms with van der Waals surface area (Å²) in [5, 5.41) is 11.3. The van der Waals surface area contributed by atoms with Crippen LogP contribution in [0, 0.1) is 17.1 Å². The van der Waals surface area contributed by atoms with Crippen molar-refractivity contribution in [3.63, 3.8) is 0 Å². The maximum atomic E-state index is 13.6. The molecular weight excluding hydrogens is 378 g/mol. The fourth-order valence-corrected chi connectivity index (χ4v) is 3.10. The summed E-state index contributed by atoms with van der Waals surface area (Å²) in [6.45, 7) is -1.95. The lowest BCUT2D eigenvalue weighted by Gasteiger charge is -2.34. The minimum Gasteiger partial charge on any atom is -0.328 e. The molecule has 1 aliphatic rings. The summed E-state index contributed by atoms with van der Waals surface area (Å²) in [6, 6.07) is 10.9. The highest BCUT2D eigenvalue weighted by atomic mass is 19.4. The standard InChI is InChI=1S/C19H13F4N3O2/c20-12-5-11(8-24)6-13(7-12)25-17(27)16-9-26(10-19(21,22)23)18(28)15-4-2-1-3-14(15)16/h1-7,16H,9-10H2,(H,25,27)/t16-/m0/s1. The molecule has 0 saturated carbocycles. The third kappa shape index (κ3) is 4.11. The average Bonchev–Trinajstić information content (AvgIpc) is 2.62. The Balaban J connectivity index is 1.92. The molecule has 1 heterocycles. The molecule has 0 fully saturated rings. The molecule has 1 aliphatic heterocycles. The molecule has 28 heavy (non-hydrogen) atoms. The lowest BCUT2D eigenvalue weighted by Crippen LogP contribution is -2.47. The minimum absolute atomic E-state index is 0.00157. The van der Waals surface area contributed by atoms with Gasteiger partial charge in [0.25, 0.3) is 5.91 Å². The van der Waals surface area contributed by atoms with Crippen molar-refractivity contribution >= 4 is 17.5 Å². The first-order valence-corrected chi connectivity index (χ1v) is 8.14. The number of hydrogen-bond acceptors (Lipinski definition) is 3. The SMILES string of the molecule is N#Cc1cc(F)cc(NC(=O)[C@H]2CN(CC(F)(F)F)C(=O)c3ccccc32)c1. The van der Waals surface area contributed by atoms with Crippen LogP contribution < -0.4 is 5.32 Å². The molecule has 1 atom stereocenters. The monoisotopic (exact) mass is 391 g/mol. The quantitative estimate of drug-likeness (QED) is 0.815. The lowest BCUT2D eigenvalue weighted by molar-refractivity contribution is -0.142. The van der Waals surface area contributed by atoms with E-state index in [9.17, 15) is 27.2 Å². The maximum Gasteiger partial charge on any atom is 0.406 e. The first-order valence-electron chi connectivity index (χ1n) is 8.14. The molecule has 2 aromatic carbocycles. The highest BCUT2D eigenvalue weighted by molar-refractivity contribution is 6.03. The van der Waals surface area contributed by atoms with Crippen LogP contribution in [0.25, 0.3) is 0 Å². The third-order valence-corrected chi connectivity index (χ3v) is 4.24. The maximum absolute atomic E-state index is 13.6. The molecule has 144 valence electrons. The highest BCUT2D eigenvalue weighted by Crippen LogP contribution is 2.31. The van der Waals surface area contributed by atoms with E-state index in [2.05, 4.69) is 5.32 Å². The number of nitriles is 1. The number of anilines is 1. The number of benzene rings is 2. The Bertz CT molecular complexity index is 982. The van der Waals surface area contributed by atoms with Crippen molar-refractivity contribution in [3.05, 3.63) is 65.0 Å². The summed E-state index contributed by atoms with van der Waals surface area (Å²) in [5.41, 5.74) is 0.280. The third-order valence-electron chi connectivity index (χ3n) is 4.24. The Morgan fingerprint density at radius 2 is 1.96 bits per heavy atom. The summed E-state index contributed by atoms with van der Waals surface area (Å²) in [7, 11) is 0. The number of rotatable bonds is 3. The summed E-state index contributed by atoms with van der Waals surface area (Å²) in [4.78, 5) is 25.6. The molecule has 3 rings (SSSR count). The molecule has 0 unspecified atom stereocenters. The number of carbonyl (C=O) groups is 2. The lowest BCUT2D eigenvalue weighted by atomic mass is 9.88. The molecule has 0 saturated heterocycles. The molecule has 0 spiro atoms. The second-order valence-corrected chi connectivity index (χ2v) is 6.27. The first-order chi connectivity index (χ1) is 13.2. The van der Waals surface area contributed by atoms with E-state index in [0.717, 1.165) is 12.1 Å². The van der Waals surface area contributed by atoms with Crippen LogP contribution >= 0.6 is 0 Å². The van der Waals surface area contributed by atoms with Gasteiger partial charge in [0.15, 0.2) is 0 Å². The second-order valence-electron chi connectivity index (χ2n) is 6.27. The minimum atomic E-state index is -4.62. The van der Waals surface area contributed by atoms with E-state index in [-0.39, 0.29) is 16.8 Å². The summed E-state index contributed by atoms with van der Waals surface area (Å²) in [6.07, 6.45) is -4.62. The smallest absolute Gasteiger partial charge is 0.328 e. The van der Waals surface area contributed by atoms with Gasteiger partial charge in [-0.05, 0) is 29.8 Å². The molecule has 1 N–H and O–H groups in total. The molecular formula is C19H13F4N3O2. The van der Waals surface area contributed by atoms with Gasteiger partial charge in [-0.3, -0.25) is 9.59 Å². The summed E-state index contributed by atoms with van der Waals surface area (Å²) < 4.78 is 52.0. The van der Waals surface area contributed by atoms with Crippen molar-refractivity contribution < 1.29 is 27.2 Å². The van der Waals surface area contributed by atoms with Gasteiger partial charge >= 0.3 is 6.18 Å². The van der Waals surface area contributed by atoms with Crippen LogP contribution in [0.15, 0.2) is 42.5 Å². The van der Waals surface area contributed by atoms with Crippen molar-refractivity contribution in [2.75, 3.05) is 18.4 Å². The van der Waals surface area contributed by atoms with E-state index < -0.39 is 42.8 Å². The van der Waals surface area contributed by atoms with E-state index in [1.165, 1.54) is 24.3 Å². The van der Waals surface area contributed by atoms with Crippen molar-refractivity contribution in [1.29, 1.82) is 5.26 Å². The van der Waals surface area contributed by atoms with Crippen molar-refractivity contribution in [2.45, 2.75) is 12.1 Å². The number of nitrogens with one attached hydrogen (secondary N) is 1. The van der Waals surface area contributed by atoms with Gasteiger partial charge in [0.2, 0.25) is 5.91 Å². The number of alkyl halides is 3.